The number of rotatable bonds is 8. The molecule has 0 saturated heterocycles. The molecule has 1 amide bonds. The van der Waals surface area contributed by atoms with Crippen molar-refractivity contribution in [2.24, 2.45) is 0 Å². The smallest absolute Gasteiger partial charge is 0.370 e. The molecule has 1 atom stereocenters. The SMILES string of the molecule is CCOC(=O)[C@H](CSC(=O)OCOC(=O)CC)NC(C)=O. The Labute approximate surface area is 126 Å². The third-order valence-corrected chi connectivity index (χ3v) is 2.86. The van der Waals surface area contributed by atoms with E-state index in [9.17, 15) is 19.2 Å². The quantitative estimate of drug-likeness (QED) is 0.517. The van der Waals surface area contributed by atoms with Gasteiger partial charge in [0.2, 0.25) is 12.7 Å². The molecule has 0 aliphatic rings. The van der Waals surface area contributed by atoms with Crippen LogP contribution in [0.25, 0.3) is 0 Å². The second-order valence-electron chi connectivity index (χ2n) is 3.70. The van der Waals surface area contributed by atoms with Crippen molar-refractivity contribution in [1.82, 2.24) is 5.32 Å². The third kappa shape index (κ3) is 9.72. The highest BCUT2D eigenvalue weighted by Crippen LogP contribution is 2.09. The molecule has 1 N–H and O–H groups in total. The van der Waals surface area contributed by atoms with Gasteiger partial charge in [-0.15, -0.1) is 0 Å². The van der Waals surface area contributed by atoms with E-state index in [-0.39, 0.29) is 18.8 Å². The van der Waals surface area contributed by atoms with Crippen molar-refractivity contribution in [3.63, 3.8) is 0 Å². The van der Waals surface area contributed by atoms with Crippen molar-refractivity contribution < 1.29 is 33.4 Å². The Morgan fingerprint density at radius 3 is 2.29 bits per heavy atom. The van der Waals surface area contributed by atoms with Crippen LogP contribution in [0, 0.1) is 0 Å². The summed E-state index contributed by atoms with van der Waals surface area (Å²) >= 11 is 0.672. The van der Waals surface area contributed by atoms with Gasteiger partial charge in [-0.1, -0.05) is 6.92 Å². The molecule has 0 aromatic rings. The number of ether oxygens (including phenoxy) is 3. The maximum Gasteiger partial charge on any atom is 0.370 e. The Morgan fingerprint density at radius 1 is 1.10 bits per heavy atom. The molecule has 21 heavy (non-hydrogen) atoms. The molecule has 9 heteroatoms. The van der Waals surface area contributed by atoms with Crippen LogP contribution in [0.3, 0.4) is 0 Å². The van der Waals surface area contributed by atoms with Gasteiger partial charge in [0.05, 0.1) is 6.61 Å². The summed E-state index contributed by atoms with van der Waals surface area (Å²) in [5.41, 5.74) is 0. The first-order valence-electron chi connectivity index (χ1n) is 6.29. The van der Waals surface area contributed by atoms with Gasteiger partial charge in [-0.2, -0.15) is 0 Å². The fourth-order valence-electron chi connectivity index (χ4n) is 1.10. The van der Waals surface area contributed by atoms with Crippen molar-refractivity contribution in [2.75, 3.05) is 19.2 Å². The molecule has 8 nitrogen and oxygen atoms in total. The van der Waals surface area contributed by atoms with Crippen LogP contribution in [0.15, 0.2) is 0 Å². The highest BCUT2D eigenvalue weighted by atomic mass is 32.2. The van der Waals surface area contributed by atoms with Crippen LogP contribution in [-0.4, -0.2) is 48.3 Å². The van der Waals surface area contributed by atoms with Crippen molar-refractivity contribution in [3.05, 3.63) is 0 Å². The summed E-state index contributed by atoms with van der Waals surface area (Å²) in [6, 6.07) is -0.946. The number of esters is 2. The number of carbonyl (C=O) groups is 4. The highest BCUT2D eigenvalue weighted by Gasteiger charge is 2.22. The van der Waals surface area contributed by atoms with Crippen LogP contribution in [0.2, 0.25) is 0 Å². The molecule has 0 aliphatic heterocycles. The van der Waals surface area contributed by atoms with Gasteiger partial charge in [0.15, 0.2) is 0 Å². The molecule has 0 aromatic heterocycles. The molecule has 0 radical (unpaired) electrons. The van der Waals surface area contributed by atoms with Gasteiger partial charge >= 0.3 is 17.2 Å². The van der Waals surface area contributed by atoms with E-state index in [1.54, 1.807) is 13.8 Å². The summed E-state index contributed by atoms with van der Waals surface area (Å²) in [5.74, 6) is -1.58. The largest absolute Gasteiger partial charge is 0.464 e. The zero-order chi connectivity index (χ0) is 16.3. The first-order valence-corrected chi connectivity index (χ1v) is 7.28. The predicted molar refractivity (Wildman–Crippen MR) is 74.4 cm³/mol. The molecular weight excluding hydrogens is 302 g/mol. The lowest BCUT2D eigenvalue weighted by atomic mass is 10.3. The topological polar surface area (TPSA) is 108 Å². The van der Waals surface area contributed by atoms with Crippen LogP contribution >= 0.6 is 11.8 Å². The van der Waals surface area contributed by atoms with E-state index in [0.717, 1.165) is 0 Å². The molecule has 120 valence electrons. The minimum atomic E-state index is -0.946. The Kier molecular flexibility index (Phi) is 10.0. The van der Waals surface area contributed by atoms with Crippen molar-refractivity contribution in [1.29, 1.82) is 0 Å². The number of carbonyl (C=O) groups excluding carboxylic acids is 4. The average molecular weight is 321 g/mol. The molecule has 0 fully saturated rings. The van der Waals surface area contributed by atoms with Crippen LogP contribution in [0.5, 0.6) is 0 Å². The van der Waals surface area contributed by atoms with Gasteiger partial charge in [-0.25, -0.2) is 9.59 Å². The normalized spacial score (nSPS) is 11.2. The summed E-state index contributed by atoms with van der Waals surface area (Å²) < 4.78 is 14.0. The molecule has 0 spiro atoms. The average Bonchev–Trinajstić information content (AvgIpc) is 2.42. The molecule has 0 saturated carbocycles. The maximum absolute atomic E-state index is 11.6. The van der Waals surface area contributed by atoms with Gasteiger partial charge in [0, 0.05) is 19.1 Å². The fraction of sp³-hybridized carbons (Fsp3) is 0.667. The molecule has 0 heterocycles. The minimum absolute atomic E-state index is 0.0427. The molecule has 0 bridgehead atoms. The Bertz CT molecular complexity index is 386. The summed E-state index contributed by atoms with van der Waals surface area (Å²) in [7, 11) is 0. The van der Waals surface area contributed by atoms with Crippen molar-refractivity contribution >= 4 is 34.9 Å². The van der Waals surface area contributed by atoms with Crippen molar-refractivity contribution in [3.8, 4) is 0 Å². The van der Waals surface area contributed by atoms with Gasteiger partial charge < -0.3 is 19.5 Å². The Hall–Kier alpha value is -1.77. The molecule has 0 rings (SSSR count). The summed E-state index contributed by atoms with van der Waals surface area (Å²) in [6.45, 7) is 4.17. The van der Waals surface area contributed by atoms with E-state index in [2.05, 4.69) is 14.8 Å². The Balaban J connectivity index is 4.15. The predicted octanol–water partition coefficient (Wildman–Crippen LogP) is 0.835. The minimum Gasteiger partial charge on any atom is -0.464 e. The standard InChI is InChI=1S/C12H19NO7S/c1-4-10(15)19-7-20-12(17)21-6-9(13-8(3)14)11(16)18-5-2/h9H,4-7H2,1-3H3,(H,13,14)/t9-/m0/s1. The zero-order valence-electron chi connectivity index (χ0n) is 12.2. The maximum atomic E-state index is 11.6. The lowest BCUT2D eigenvalue weighted by molar-refractivity contribution is -0.151. The first-order chi connectivity index (χ1) is 9.90. The lowest BCUT2D eigenvalue weighted by Crippen LogP contribution is -2.42. The molecule has 0 unspecified atom stereocenters. The molecular formula is C12H19NO7S. The van der Waals surface area contributed by atoms with Gasteiger partial charge in [-0.3, -0.25) is 9.59 Å². The number of hydrogen-bond donors (Lipinski definition) is 1. The molecule has 0 aromatic carbocycles. The number of amides is 1. The van der Waals surface area contributed by atoms with Crippen molar-refractivity contribution in [2.45, 2.75) is 33.2 Å². The summed E-state index contributed by atoms with van der Waals surface area (Å²) in [4.78, 5) is 44.7. The molecule has 0 aliphatic carbocycles. The van der Waals surface area contributed by atoms with E-state index >= 15 is 0 Å². The van der Waals surface area contributed by atoms with E-state index < -0.39 is 36.0 Å². The number of thioether (sulfide) groups is 1. The van der Waals surface area contributed by atoms with E-state index in [0.29, 0.717) is 11.8 Å². The second kappa shape index (κ2) is 11.0. The fourth-order valence-corrected chi connectivity index (χ4v) is 1.75. The third-order valence-electron chi connectivity index (χ3n) is 2.00. The van der Waals surface area contributed by atoms with E-state index in [4.69, 9.17) is 4.74 Å². The Morgan fingerprint density at radius 2 is 1.76 bits per heavy atom. The van der Waals surface area contributed by atoms with Crippen LogP contribution in [0.4, 0.5) is 4.79 Å². The van der Waals surface area contributed by atoms with E-state index in [1.165, 1.54) is 6.92 Å². The van der Waals surface area contributed by atoms with Crippen LogP contribution in [-0.2, 0) is 28.6 Å². The number of hydrogen-bond acceptors (Lipinski definition) is 8. The van der Waals surface area contributed by atoms with Gasteiger partial charge in [0.1, 0.15) is 6.04 Å². The summed E-state index contributed by atoms with van der Waals surface area (Å²) in [6.07, 6.45) is 0.179. The van der Waals surface area contributed by atoms with Gasteiger partial charge in [-0.05, 0) is 18.7 Å². The zero-order valence-corrected chi connectivity index (χ0v) is 13.0. The lowest BCUT2D eigenvalue weighted by Gasteiger charge is -2.15. The second-order valence-corrected chi connectivity index (χ2v) is 4.65. The highest BCUT2D eigenvalue weighted by molar-refractivity contribution is 8.13. The summed E-state index contributed by atoms with van der Waals surface area (Å²) in [5, 5.41) is 1.65. The monoisotopic (exact) mass is 321 g/mol. The van der Waals surface area contributed by atoms with E-state index in [1.807, 2.05) is 0 Å². The number of nitrogens with one attached hydrogen (secondary N) is 1. The van der Waals surface area contributed by atoms with Gasteiger partial charge in [0.25, 0.3) is 0 Å². The first kappa shape index (κ1) is 19.2. The van der Waals surface area contributed by atoms with Crippen LogP contribution < -0.4 is 5.32 Å². The van der Waals surface area contributed by atoms with Crippen LogP contribution in [0.1, 0.15) is 27.2 Å².